The van der Waals surface area contributed by atoms with Gasteiger partial charge in [-0.2, -0.15) is 0 Å². The smallest absolute Gasteiger partial charge is 0.0805 e. The Hall–Kier alpha value is -0.540. The summed E-state index contributed by atoms with van der Waals surface area (Å²) in [5, 5.41) is 3.87. The van der Waals surface area contributed by atoms with E-state index in [9.17, 15) is 0 Å². The van der Waals surface area contributed by atoms with Crippen molar-refractivity contribution < 1.29 is 0 Å². The lowest BCUT2D eigenvalue weighted by atomic mass is 10.3. The minimum Gasteiger partial charge on any atom is -0.301 e. The molecule has 0 bridgehead atoms. The zero-order valence-corrected chi connectivity index (χ0v) is 6.97. The van der Waals surface area contributed by atoms with Gasteiger partial charge in [-0.3, -0.25) is 4.98 Å². The van der Waals surface area contributed by atoms with Crippen LogP contribution in [0.5, 0.6) is 0 Å². The average molecular weight is 166 g/mol. The fourth-order valence-electron chi connectivity index (χ4n) is 1.17. The van der Waals surface area contributed by atoms with Gasteiger partial charge in [0.1, 0.15) is 0 Å². The molecule has 2 heterocycles. The SMILES string of the molecule is c1cncc([C@H]2NCCS2)c1. The molecule has 2 nitrogen and oxygen atoms in total. The second-order valence-corrected chi connectivity index (χ2v) is 3.70. The molecule has 3 heteroatoms. The van der Waals surface area contributed by atoms with E-state index in [0.717, 1.165) is 6.54 Å². The highest BCUT2D eigenvalue weighted by atomic mass is 32.2. The van der Waals surface area contributed by atoms with E-state index in [1.54, 1.807) is 0 Å². The lowest BCUT2D eigenvalue weighted by Gasteiger charge is -2.07. The maximum Gasteiger partial charge on any atom is 0.0805 e. The van der Waals surface area contributed by atoms with Crippen molar-refractivity contribution >= 4 is 11.8 Å². The van der Waals surface area contributed by atoms with Crippen LogP contribution in [0, 0.1) is 0 Å². The third-order valence-corrected chi connectivity index (χ3v) is 2.92. The van der Waals surface area contributed by atoms with Crippen LogP contribution in [-0.2, 0) is 0 Å². The van der Waals surface area contributed by atoms with Gasteiger partial charge < -0.3 is 5.32 Å². The van der Waals surface area contributed by atoms with Crippen molar-refractivity contribution in [2.75, 3.05) is 12.3 Å². The molecule has 1 fully saturated rings. The van der Waals surface area contributed by atoms with Gasteiger partial charge in [0.2, 0.25) is 0 Å². The Morgan fingerprint density at radius 3 is 3.27 bits per heavy atom. The topological polar surface area (TPSA) is 24.9 Å². The van der Waals surface area contributed by atoms with Gasteiger partial charge in [-0.25, -0.2) is 0 Å². The van der Waals surface area contributed by atoms with Crippen LogP contribution in [0.15, 0.2) is 24.5 Å². The summed E-state index contributed by atoms with van der Waals surface area (Å²) in [7, 11) is 0. The van der Waals surface area contributed by atoms with E-state index >= 15 is 0 Å². The van der Waals surface area contributed by atoms with E-state index in [-0.39, 0.29) is 0 Å². The standard InChI is InChI=1S/C8H10N2S/c1-2-7(6-9-3-1)8-10-4-5-11-8/h1-3,6,8,10H,4-5H2/t8-/m0/s1. The summed E-state index contributed by atoms with van der Waals surface area (Å²) in [5.74, 6) is 1.21. The van der Waals surface area contributed by atoms with Gasteiger partial charge >= 0.3 is 0 Å². The van der Waals surface area contributed by atoms with Crippen molar-refractivity contribution in [1.29, 1.82) is 0 Å². The largest absolute Gasteiger partial charge is 0.301 e. The summed E-state index contributed by atoms with van der Waals surface area (Å²) in [6.07, 6.45) is 3.74. The van der Waals surface area contributed by atoms with Crippen molar-refractivity contribution in [3.8, 4) is 0 Å². The Bertz CT molecular complexity index is 219. The first-order valence-electron chi connectivity index (χ1n) is 3.72. The highest BCUT2D eigenvalue weighted by Crippen LogP contribution is 2.28. The molecule has 1 aliphatic rings. The highest BCUT2D eigenvalue weighted by Gasteiger charge is 2.15. The molecule has 0 spiro atoms. The molecule has 58 valence electrons. The molecule has 1 aromatic heterocycles. The van der Waals surface area contributed by atoms with Crippen LogP contribution in [0.4, 0.5) is 0 Å². The zero-order valence-electron chi connectivity index (χ0n) is 6.16. The molecule has 0 unspecified atom stereocenters. The van der Waals surface area contributed by atoms with Crippen molar-refractivity contribution in [3.05, 3.63) is 30.1 Å². The fraction of sp³-hybridized carbons (Fsp3) is 0.375. The zero-order chi connectivity index (χ0) is 7.52. The molecule has 0 aliphatic carbocycles. The maximum absolute atomic E-state index is 4.08. The lowest BCUT2D eigenvalue weighted by molar-refractivity contribution is 0.748. The molecule has 0 saturated carbocycles. The first kappa shape index (κ1) is 7.13. The van der Waals surface area contributed by atoms with Crippen LogP contribution < -0.4 is 5.32 Å². The van der Waals surface area contributed by atoms with Gasteiger partial charge in [0.05, 0.1) is 5.37 Å². The molecule has 0 amide bonds. The van der Waals surface area contributed by atoms with Crippen molar-refractivity contribution in [3.63, 3.8) is 0 Å². The van der Waals surface area contributed by atoms with Gasteiger partial charge in [0, 0.05) is 24.7 Å². The van der Waals surface area contributed by atoms with E-state index in [2.05, 4.69) is 16.4 Å². The van der Waals surface area contributed by atoms with Crippen LogP contribution in [0.1, 0.15) is 10.9 Å². The van der Waals surface area contributed by atoms with Crippen LogP contribution in [0.2, 0.25) is 0 Å². The Balaban J connectivity index is 2.16. The van der Waals surface area contributed by atoms with Crippen LogP contribution >= 0.6 is 11.8 Å². The molecule has 1 atom stereocenters. The average Bonchev–Trinajstić information content (AvgIpc) is 2.58. The quantitative estimate of drug-likeness (QED) is 0.683. The number of nitrogens with zero attached hydrogens (tertiary/aromatic N) is 1. The number of thioether (sulfide) groups is 1. The van der Waals surface area contributed by atoms with Gasteiger partial charge in [-0.15, -0.1) is 11.8 Å². The molecular weight excluding hydrogens is 156 g/mol. The summed E-state index contributed by atoms with van der Waals surface area (Å²) >= 11 is 1.94. The van der Waals surface area contributed by atoms with Crippen molar-refractivity contribution in [2.24, 2.45) is 0 Å². The van der Waals surface area contributed by atoms with E-state index in [1.807, 2.05) is 30.2 Å². The van der Waals surface area contributed by atoms with E-state index < -0.39 is 0 Å². The Labute approximate surface area is 70.4 Å². The van der Waals surface area contributed by atoms with E-state index in [1.165, 1.54) is 11.3 Å². The predicted molar refractivity (Wildman–Crippen MR) is 47.4 cm³/mol. The first-order valence-corrected chi connectivity index (χ1v) is 4.76. The minimum absolute atomic E-state index is 0.476. The second kappa shape index (κ2) is 3.24. The number of hydrogen-bond donors (Lipinski definition) is 1. The van der Waals surface area contributed by atoms with Gasteiger partial charge in [-0.05, 0) is 11.6 Å². The number of rotatable bonds is 1. The maximum atomic E-state index is 4.08. The van der Waals surface area contributed by atoms with Crippen LogP contribution in [-0.4, -0.2) is 17.3 Å². The van der Waals surface area contributed by atoms with Crippen molar-refractivity contribution in [2.45, 2.75) is 5.37 Å². The summed E-state index contributed by atoms with van der Waals surface area (Å²) in [4.78, 5) is 4.08. The van der Waals surface area contributed by atoms with E-state index in [0.29, 0.717) is 5.37 Å². The number of nitrogens with one attached hydrogen (secondary N) is 1. The minimum atomic E-state index is 0.476. The van der Waals surface area contributed by atoms with Gasteiger partial charge in [0.15, 0.2) is 0 Å². The first-order chi connectivity index (χ1) is 5.47. The molecule has 1 aliphatic heterocycles. The lowest BCUT2D eigenvalue weighted by Crippen LogP contribution is -2.11. The summed E-state index contributed by atoms with van der Waals surface area (Å²) in [6.45, 7) is 1.12. The number of hydrogen-bond acceptors (Lipinski definition) is 3. The monoisotopic (exact) mass is 166 g/mol. The van der Waals surface area contributed by atoms with Crippen LogP contribution in [0.25, 0.3) is 0 Å². The van der Waals surface area contributed by atoms with E-state index in [4.69, 9.17) is 0 Å². The third-order valence-electron chi connectivity index (χ3n) is 1.70. The van der Waals surface area contributed by atoms with Gasteiger partial charge in [-0.1, -0.05) is 6.07 Å². The molecule has 0 aromatic carbocycles. The molecule has 11 heavy (non-hydrogen) atoms. The fourth-order valence-corrected chi connectivity index (χ4v) is 2.21. The summed E-state index contributed by atoms with van der Waals surface area (Å²) in [5.41, 5.74) is 1.29. The second-order valence-electron chi connectivity index (χ2n) is 2.49. The number of aromatic nitrogens is 1. The van der Waals surface area contributed by atoms with Crippen LogP contribution in [0.3, 0.4) is 0 Å². The van der Waals surface area contributed by atoms with Gasteiger partial charge in [0.25, 0.3) is 0 Å². The predicted octanol–water partition coefficient (Wildman–Crippen LogP) is 1.42. The molecular formula is C8H10N2S. The number of pyridine rings is 1. The molecule has 2 rings (SSSR count). The summed E-state index contributed by atoms with van der Waals surface area (Å²) < 4.78 is 0. The molecule has 1 aromatic rings. The Kier molecular flexibility index (Phi) is 2.10. The molecule has 1 saturated heterocycles. The summed E-state index contributed by atoms with van der Waals surface area (Å²) in [6, 6.07) is 4.10. The Morgan fingerprint density at radius 1 is 1.64 bits per heavy atom. The van der Waals surface area contributed by atoms with Crippen molar-refractivity contribution in [1.82, 2.24) is 10.3 Å². The molecule has 1 N–H and O–H groups in total. The molecule has 0 radical (unpaired) electrons. The highest BCUT2D eigenvalue weighted by molar-refractivity contribution is 7.99. The third kappa shape index (κ3) is 1.54. The normalized spacial score (nSPS) is 23.8. The Morgan fingerprint density at radius 2 is 2.64 bits per heavy atom.